The summed E-state index contributed by atoms with van der Waals surface area (Å²) in [5.74, 6) is -1.33. The average Bonchev–Trinajstić information content (AvgIpc) is 3.13. The molecule has 1 N–H and O–H groups in total. The molecule has 1 atom stereocenters. The molecule has 290 valence electrons. The zero-order valence-electron chi connectivity index (χ0n) is 29.6. The molecule has 2 aliphatic heterocycles. The number of piperidine rings is 1. The first-order chi connectivity index (χ1) is 25.5. The summed E-state index contributed by atoms with van der Waals surface area (Å²) < 4.78 is 123. The Morgan fingerprint density at radius 3 is 2.26 bits per heavy atom. The third kappa shape index (κ3) is 8.82. The first kappa shape index (κ1) is 39.4. The van der Waals surface area contributed by atoms with Gasteiger partial charge in [-0.3, -0.25) is 14.6 Å². The van der Waals surface area contributed by atoms with Gasteiger partial charge >= 0.3 is 12.4 Å². The molecule has 16 heteroatoms. The Morgan fingerprint density at radius 2 is 1.65 bits per heavy atom. The highest BCUT2D eigenvalue weighted by molar-refractivity contribution is 7.90. The number of nitrogens with one attached hydrogen (secondary N) is 1. The molecule has 6 rings (SSSR count). The summed E-state index contributed by atoms with van der Waals surface area (Å²) in [7, 11) is -4.03. The van der Waals surface area contributed by atoms with Crippen LogP contribution in [0.5, 0.6) is 5.75 Å². The predicted octanol–water partition coefficient (Wildman–Crippen LogP) is 7.05. The maximum atomic E-state index is 14.7. The lowest BCUT2D eigenvalue weighted by atomic mass is 9.93. The topological polar surface area (TPSA) is 101 Å². The number of amides is 1. The smallest absolute Gasteiger partial charge is 0.416 e. The number of rotatable bonds is 10. The van der Waals surface area contributed by atoms with Crippen molar-refractivity contribution in [1.82, 2.24) is 20.1 Å². The molecule has 9 nitrogen and oxygen atoms in total. The molecule has 3 aromatic carbocycles. The molecule has 0 unspecified atom stereocenters. The average molecular weight is 779 g/mol. The molecule has 0 radical (unpaired) electrons. The van der Waals surface area contributed by atoms with E-state index in [4.69, 9.17) is 14.5 Å². The van der Waals surface area contributed by atoms with Gasteiger partial charge in [-0.2, -0.15) is 26.3 Å². The van der Waals surface area contributed by atoms with Crippen LogP contribution < -0.4 is 10.1 Å². The number of carbonyl (C=O) groups is 1. The van der Waals surface area contributed by atoms with Crippen LogP contribution in [0.3, 0.4) is 0 Å². The van der Waals surface area contributed by atoms with Gasteiger partial charge < -0.3 is 14.8 Å². The van der Waals surface area contributed by atoms with Crippen molar-refractivity contribution in [3.05, 3.63) is 89.0 Å². The number of pyridine rings is 1. The number of aromatic nitrogens is 1. The van der Waals surface area contributed by atoms with E-state index in [1.54, 1.807) is 6.92 Å². The molecule has 3 heterocycles. The third-order valence-electron chi connectivity index (χ3n) is 9.78. The Bertz CT molecular complexity index is 2080. The van der Waals surface area contributed by atoms with Crippen LogP contribution in [0.15, 0.2) is 71.6 Å². The van der Waals surface area contributed by atoms with E-state index < -0.39 is 39.7 Å². The Hall–Kier alpha value is -4.25. The van der Waals surface area contributed by atoms with Crippen LogP contribution in [0.1, 0.15) is 52.9 Å². The zero-order valence-corrected chi connectivity index (χ0v) is 30.5. The number of ether oxygens (including phenoxy) is 2. The standard InChI is InChI=1S/C38H40F6N4O5S/c1-3-53-31-22-30-28(21-32(31)54(2,50)51)33(36(49)46-35(38(42,43)44)24-8-5-4-6-9-24)29(34(45-30)25-10-7-11-26(20-25)37(39,40)41)23-47-14-12-27(13-15-47)48-16-18-52-19-17-48/h4-11,20-22,27,35H,3,12-19,23H2,1-2H3,(H,46,49)/t35-/m1/s1. The normalized spacial score (nSPS) is 17.4. The number of benzene rings is 3. The van der Waals surface area contributed by atoms with Crippen molar-refractivity contribution in [2.75, 3.05) is 52.3 Å². The molecule has 1 aromatic heterocycles. The molecule has 0 saturated carbocycles. The van der Waals surface area contributed by atoms with Crippen LogP contribution in [-0.2, 0) is 27.3 Å². The van der Waals surface area contributed by atoms with Gasteiger partial charge in [-0.05, 0) is 56.6 Å². The fourth-order valence-electron chi connectivity index (χ4n) is 7.18. The van der Waals surface area contributed by atoms with E-state index in [0.717, 1.165) is 50.4 Å². The number of morpholine rings is 1. The molecule has 4 aromatic rings. The molecular formula is C38H40F6N4O5S. The molecule has 0 spiro atoms. The van der Waals surface area contributed by atoms with Crippen molar-refractivity contribution in [2.45, 2.75) is 55.6 Å². The van der Waals surface area contributed by atoms with Crippen LogP contribution >= 0.6 is 0 Å². The number of carbonyl (C=O) groups excluding carboxylic acids is 1. The van der Waals surface area contributed by atoms with Crippen molar-refractivity contribution in [3.63, 3.8) is 0 Å². The largest absolute Gasteiger partial charge is 0.492 e. The van der Waals surface area contributed by atoms with E-state index >= 15 is 0 Å². The molecule has 2 aliphatic rings. The highest BCUT2D eigenvalue weighted by Gasteiger charge is 2.43. The van der Waals surface area contributed by atoms with Gasteiger partial charge in [0.2, 0.25) is 0 Å². The fourth-order valence-corrected chi connectivity index (χ4v) is 7.99. The minimum Gasteiger partial charge on any atom is -0.492 e. The second-order valence-electron chi connectivity index (χ2n) is 13.4. The number of fused-ring (bicyclic) bond motifs is 1. The number of hydrogen-bond donors (Lipinski definition) is 1. The van der Waals surface area contributed by atoms with Gasteiger partial charge in [-0.25, -0.2) is 13.4 Å². The Labute approximate surface area is 309 Å². The van der Waals surface area contributed by atoms with Crippen LogP contribution in [-0.4, -0.2) is 93.6 Å². The number of alkyl halides is 6. The predicted molar refractivity (Wildman–Crippen MR) is 190 cm³/mol. The fraction of sp³-hybridized carbons (Fsp3) is 0.421. The minimum atomic E-state index is -4.95. The summed E-state index contributed by atoms with van der Waals surface area (Å²) in [5, 5.41) is 2.03. The summed E-state index contributed by atoms with van der Waals surface area (Å²) in [6.45, 7) is 5.37. The monoisotopic (exact) mass is 778 g/mol. The highest BCUT2D eigenvalue weighted by Crippen LogP contribution is 2.40. The van der Waals surface area contributed by atoms with E-state index in [9.17, 15) is 39.6 Å². The number of likely N-dealkylation sites (tertiary alicyclic amines) is 1. The lowest BCUT2D eigenvalue weighted by Crippen LogP contribution is -2.48. The quantitative estimate of drug-likeness (QED) is 0.171. The van der Waals surface area contributed by atoms with Gasteiger partial charge in [0.05, 0.1) is 42.2 Å². The third-order valence-corrected chi connectivity index (χ3v) is 10.9. The van der Waals surface area contributed by atoms with Crippen molar-refractivity contribution in [1.29, 1.82) is 0 Å². The van der Waals surface area contributed by atoms with E-state index in [0.29, 0.717) is 26.3 Å². The first-order valence-corrected chi connectivity index (χ1v) is 19.4. The molecule has 0 aliphatic carbocycles. The highest BCUT2D eigenvalue weighted by atomic mass is 32.2. The number of hydrogen-bond acceptors (Lipinski definition) is 8. The molecule has 54 heavy (non-hydrogen) atoms. The van der Waals surface area contributed by atoms with Crippen LogP contribution in [0.25, 0.3) is 22.2 Å². The minimum absolute atomic E-state index is 0.0282. The summed E-state index contributed by atoms with van der Waals surface area (Å²) in [4.78, 5) is 23.3. The SMILES string of the molecule is CCOc1cc2nc(-c3cccc(C(F)(F)F)c3)c(CN3CCC(N4CCOCC4)CC3)c(C(=O)N[C@H](c3ccccc3)C(F)(F)F)c2cc1S(C)(=O)=O. The van der Waals surface area contributed by atoms with Gasteiger partial charge in [-0.1, -0.05) is 42.5 Å². The molecule has 2 saturated heterocycles. The maximum Gasteiger partial charge on any atom is 0.416 e. The Morgan fingerprint density at radius 1 is 0.963 bits per heavy atom. The second-order valence-corrected chi connectivity index (χ2v) is 15.4. The van der Waals surface area contributed by atoms with Gasteiger partial charge in [0, 0.05) is 54.5 Å². The van der Waals surface area contributed by atoms with E-state index in [1.165, 1.54) is 48.5 Å². The zero-order chi connectivity index (χ0) is 38.8. The van der Waals surface area contributed by atoms with Crippen molar-refractivity contribution in [3.8, 4) is 17.0 Å². The Balaban J connectivity index is 1.57. The number of halogens is 6. The van der Waals surface area contributed by atoms with Crippen LogP contribution in [0.2, 0.25) is 0 Å². The lowest BCUT2D eigenvalue weighted by Gasteiger charge is -2.40. The molecule has 2 fully saturated rings. The summed E-state index contributed by atoms with van der Waals surface area (Å²) in [5.41, 5.74) is -1.67. The summed E-state index contributed by atoms with van der Waals surface area (Å²) in [6, 6.07) is 11.3. The van der Waals surface area contributed by atoms with E-state index in [-0.39, 0.29) is 68.7 Å². The number of nitrogens with zero attached hydrogens (tertiary/aromatic N) is 3. The van der Waals surface area contributed by atoms with Crippen molar-refractivity contribution >= 4 is 26.6 Å². The first-order valence-electron chi connectivity index (χ1n) is 17.5. The summed E-state index contributed by atoms with van der Waals surface area (Å²) in [6.07, 6.45) is -7.32. The maximum absolute atomic E-state index is 14.7. The van der Waals surface area contributed by atoms with Crippen molar-refractivity contribution in [2.24, 2.45) is 0 Å². The number of sulfone groups is 1. The Kier molecular flexibility index (Phi) is 11.6. The molecule has 1 amide bonds. The van der Waals surface area contributed by atoms with Crippen LogP contribution in [0.4, 0.5) is 26.3 Å². The van der Waals surface area contributed by atoms with Gasteiger partial charge in [0.1, 0.15) is 10.6 Å². The van der Waals surface area contributed by atoms with E-state index in [1.807, 2.05) is 4.90 Å². The molecular weight excluding hydrogens is 738 g/mol. The van der Waals surface area contributed by atoms with Gasteiger partial charge in [0.15, 0.2) is 15.9 Å². The van der Waals surface area contributed by atoms with Crippen molar-refractivity contribution < 1.29 is 49.0 Å². The lowest BCUT2D eigenvalue weighted by molar-refractivity contribution is -0.155. The second kappa shape index (κ2) is 15.8. The summed E-state index contributed by atoms with van der Waals surface area (Å²) >= 11 is 0. The van der Waals surface area contributed by atoms with Gasteiger partial charge in [0.25, 0.3) is 5.91 Å². The van der Waals surface area contributed by atoms with E-state index in [2.05, 4.69) is 10.2 Å². The van der Waals surface area contributed by atoms with Gasteiger partial charge in [-0.15, -0.1) is 0 Å². The molecule has 0 bridgehead atoms. The van der Waals surface area contributed by atoms with Crippen LogP contribution in [0, 0.1) is 0 Å².